The number of carbonyl (C=O) groups is 1. The first-order valence-corrected chi connectivity index (χ1v) is 5.32. The van der Waals surface area contributed by atoms with Crippen LogP contribution in [-0.4, -0.2) is 54.8 Å². The van der Waals surface area contributed by atoms with E-state index >= 15 is 0 Å². The molecule has 0 saturated carbocycles. The van der Waals surface area contributed by atoms with Crippen LogP contribution in [0.3, 0.4) is 0 Å². The van der Waals surface area contributed by atoms with E-state index in [1.807, 2.05) is 57.7 Å². The number of hydrogen-bond acceptors (Lipinski definition) is 2. The summed E-state index contributed by atoms with van der Waals surface area (Å²) in [7, 11) is 5.78. The quantitative estimate of drug-likeness (QED) is 0.615. The van der Waals surface area contributed by atoms with E-state index in [0.29, 0.717) is 0 Å². The third-order valence-electron chi connectivity index (χ3n) is 2.54. The second-order valence-corrected chi connectivity index (χ2v) is 4.35. The molecule has 0 N–H and O–H groups in total. The van der Waals surface area contributed by atoms with Gasteiger partial charge in [-0.2, -0.15) is 0 Å². The van der Waals surface area contributed by atoms with Gasteiger partial charge >= 0.3 is 92.0 Å². The van der Waals surface area contributed by atoms with Crippen molar-refractivity contribution in [3.05, 3.63) is 11.6 Å². The SMILES string of the molecule is C/C=C1\CN(C(C)C)C(=O)C1=BN(C)C. The standard InChI is InChI=1S/C11H19BN2O/c1-6-9-7-14(8(2)3)11(15)10(9)12-13(4)5/h6,8H,7H2,1-5H3/b9-6+. The van der Waals surface area contributed by atoms with E-state index in [4.69, 9.17) is 0 Å². The Morgan fingerprint density at radius 3 is 2.47 bits per heavy atom. The zero-order valence-electron chi connectivity index (χ0n) is 10.2. The van der Waals surface area contributed by atoms with Crippen LogP contribution in [0.2, 0.25) is 0 Å². The molecule has 15 heavy (non-hydrogen) atoms. The van der Waals surface area contributed by atoms with Gasteiger partial charge in [0.05, 0.1) is 0 Å². The average molecular weight is 206 g/mol. The zero-order chi connectivity index (χ0) is 11.6. The molecule has 3 nitrogen and oxygen atoms in total. The molecule has 82 valence electrons. The van der Waals surface area contributed by atoms with E-state index in [2.05, 4.69) is 0 Å². The number of nitrogens with zero attached hydrogens (tertiary/aromatic N) is 2. The Balaban J connectivity index is 3.02. The number of hydrogen-bond donors (Lipinski definition) is 0. The number of carbonyl (C=O) groups excluding carboxylic acids is 1. The second-order valence-electron chi connectivity index (χ2n) is 4.35. The van der Waals surface area contributed by atoms with Gasteiger partial charge in [-0.15, -0.1) is 0 Å². The van der Waals surface area contributed by atoms with Crippen LogP contribution in [-0.2, 0) is 4.79 Å². The number of likely N-dealkylation sites (tertiary alicyclic amines) is 1. The summed E-state index contributed by atoms with van der Waals surface area (Å²) >= 11 is 0. The van der Waals surface area contributed by atoms with Crippen molar-refractivity contribution in [3.63, 3.8) is 0 Å². The van der Waals surface area contributed by atoms with Gasteiger partial charge in [0.25, 0.3) is 0 Å². The summed E-state index contributed by atoms with van der Waals surface area (Å²) in [5, 5.41) is 0. The summed E-state index contributed by atoms with van der Waals surface area (Å²) in [5.41, 5.74) is 1.96. The van der Waals surface area contributed by atoms with Gasteiger partial charge < -0.3 is 0 Å². The van der Waals surface area contributed by atoms with Crippen LogP contribution in [0.1, 0.15) is 20.8 Å². The zero-order valence-corrected chi connectivity index (χ0v) is 10.2. The molecule has 0 aromatic heterocycles. The van der Waals surface area contributed by atoms with Gasteiger partial charge in [0.2, 0.25) is 0 Å². The van der Waals surface area contributed by atoms with E-state index in [0.717, 1.165) is 17.6 Å². The molecule has 0 radical (unpaired) electrons. The summed E-state index contributed by atoms with van der Waals surface area (Å²) < 4.78 is 0. The first-order chi connectivity index (χ1) is 6.97. The van der Waals surface area contributed by atoms with Gasteiger partial charge in [0.15, 0.2) is 0 Å². The molecule has 1 heterocycles. The minimum absolute atomic E-state index is 0.145. The van der Waals surface area contributed by atoms with Gasteiger partial charge in [0.1, 0.15) is 0 Å². The van der Waals surface area contributed by atoms with Gasteiger partial charge in [0, 0.05) is 0 Å². The van der Waals surface area contributed by atoms with Gasteiger partial charge in [-0.3, -0.25) is 0 Å². The van der Waals surface area contributed by atoms with Crippen LogP contribution in [0.15, 0.2) is 11.6 Å². The number of allylic oxidation sites excluding steroid dienone is 1. The Hall–Kier alpha value is -1.06. The number of rotatable bonds is 2. The summed E-state index contributed by atoms with van der Waals surface area (Å²) in [4.78, 5) is 15.9. The van der Waals surface area contributed by atoms with Crippen molar-refractivity contribution in [2.45, 2.75) is 26.8 Å². The monoisotopic (exact) mass is 206 g/mol. The molecule has 0 unspecified atom stereocenters. The third kappa shape index (κ3) is 2.49. The molecule has 0 spiro atoms. The predicted molar refractivity (Wildman–Crippen MR) is 65.1 cm³/mol. The molecule has 4 heteroatoms. The summed E-state index contributed by atoms with van der Waals surface area (Å²) in [6.45, 7) is 6.82. The fourth-order valence-corrected chi connectivity index (χ4v) is 1.69. The van der Waals surface area contributed by atoms with Crippen LogP contribution < -0.4 is 0 Å². The molecule has 1 aliphatic rings. The van der Waals surface area contributed by atoms with Crippen molar-refractivity contribution >= 4 is 18.4 Å². The summed E-state index contributed by atoms with van der Waals surface area (Å²) in [6.07, 6.45) is 2.02. The normalized spacial score (nSPS) is 21.7. The Bertz CT molecular complexity index is 319. The van der Waals surface area contributed by atoms with Gasteiger partial charge in [-0.05, 0) is 0 Å². The van der Waals surface area contributed by atoms with E-state index in [1.54, 1.807) is 0 Å². The molecule has 1 saturated heterocycles. The van der Waals surface area contributed by atoms with E-state index in [9.17, 15) is 4.79 Å². The third-order valence-corrected chi connectivity index (χ3v) is 2.54. The Morgan fingerprint density at radius 1 is 1.47 bits per heavy atom. The first kappa shape index (κ1) is 12.0. The van der Waals surface area contributed by atoms with Crippen LogP contribution in [0, 0.1) is 0 Å². The van der Waals surface area contributed by atoms with Crippen molar-refractivity contribution in [2.75, 3.05) is 20.6 Å². The summed E-state index contributed by atoms with van der Waals surface area (Å²) in [6, 6.07) is 0.264. The van der Waals surface area contributed by atoms with E-state index < -0.39 is 0 Å². The second kappa shape index (κ2) is 4.64. The molecule has 1 amide bonds. The molecule has 1 aliphatic heterocycles. The van der Waals surface area contributed by atoms with Crippen molar-refractivity contribution < 1.29 is 4.79 Å². The molecule has 1 rings (SSSR count). The maximum absolute atomic E-state index is 12.0. The molecular weight excluding hydrogens is 187 g/mol. The fraction of sp³-hybridized carbons (Fsp3) is 0.636. The average Bonchev–Trinajstić information content (AvgIpc) is 2.43. The minimum atomic E-state index is 0.145. The number of amides is 1. The Labute approximate surface area is 92.7 Å². The molecule has 0 aromatic carbocycles. The van der Waals surface area contributed by atoms with Crippen LogP contribution >= 0.6 is 0 Å². The maximum atomic E-state index is 12.0. The van der Waals surface area contributed by atoms with Crippen molar-refractivity contribution in [3.8, 4) is 0 Å². The van der Waals surface area contributed by atoms with Crippen LogP contribution in [0.25, 0.3) is 0 Å². The molecule has 0 aromatic rings. The molecule has 0 aliphatic carbocycles. The van der Waals surface area contributed by atoms with Crippen molar-refractivity contribution in [2.24, 2.45) is 0 Å². The van der Waals surface area contributed by atoms with Crippen LogP contribution in [0.5, 0.6) is 0 Å². The Morgan fingerprint density at radius 2 is 2.07 bits per heavy atom. The summed E-state index contributed by atoms with van der Waals surface area (Å²) in [5.74, 6) is 0.145. The molecule has 0 atom stereocenters. The van der Waals surface area contributed by atoms with Crippen LogP contribution in [0.4, 0.5) is 0 Å². The topological polar surface area (TPSA) is 23.6 Å². The molecular formula is C11H19BN2O. The molecule has 0 bridgehead atoms. The van der Waals surface area contributed by atoms with Crippen molar-refractivity contribution in [1.29, 1.82) is 0 Å². The molecule has 1 fully saturated rings. The van der Waals surface area contributed by atoms with E-state index in [1.165, 1.54) is 0 Å². The first-order valence-electron chi connectivity index (χ1n) is 5.32. The fourth-order valence-electron chi connectivity index (χ4n) is 1.69. The van der Waals surface area contributed by atoms with Crippen molar-refractivity contribution in [1.82, 2.24) is 9.71 Å². The van der Waals surface area contributed by atoms with Gasteiger partial charge in [-0.1, -0.05) is 0 Å². The predicted octanol–water partition coefficient (Wildman–Crippen LogP) is 0.536. The van der Waals surface area contributed by atoms with E-state index in [-0.39, 0.29) is 11.9 Å². The van der Waals surface area contributed by atoms with Gasteiger partial charge in [-0.25, -0.2) is 0 Å². The Kier molecular flexibility index (Phi) is 3.72.